The van der Waals surface area contributed by atoms with Gasteiger partial charge in [-0.15, -0.1) is 17.9 Å². The molecule has 2 heterocycles. The Hall–Kier alpha value is -1.20. The predicted octanol–water partition coefficient (Wildman–Crippen LogP) is 1.71. The van der Waals surface area contributed by atoms with Crippen molar-refractivity contribution in [1.29, 1.82) is 0 Å². The summed E-state index contributed by atoms with van der Waals surface area (Å²) in [6, 6.07) is 0.0549. The molecule has 2 atom stereocenters. The van der Waals surface area contributed by atoms with Crippen LogP contribution in [0.15, 0.2) is 18.0 Å². The third kappa shape index (κ3) is 3.17. The van der Waals surface area contributed by atoms with Crippen LogP contribution in [0, 0.1) is 0 Å². The minimum atomic E-state index is -0.0596. The van der Waals surface area contributed by atoms with E-state index in [1.54, 1.807) is 17.4 Å². The van der Waals surface area contributed by atoms with Crippen LogP contribution in [0.4, 0.5) is 0 Å². The quantitative estimate of drug-likeness (QED) is 0.825. The summed E-state index contributed by atoms with van der Waals surface area (Å²) in [5.41, 5.74) is 0.850. The number of rotatable bonds is 5. The molecule has 1 fully saturated rings. The average molecular weight is 266 g/mol. The van der Waals surface area contributed by atoms with Gasteiger partial charge in [0.2, 0.25) is 5.91 Å². The molecule has 0 bridgehead atoms. The molecule has 5 heteroatoms. The number of nitrogens with one attached hydrogen (secondary N) is 1. The molecule has 1 N–H and O–H groups in total. The van der Waals surface area contributed by atoms with Gasteiger partial charge in [-0.1, -0.05) is 13.0 Å². The lowest BCUT2D eigenvalue weighted by atomic mass is 10.1. The number of amides is 1. The Morgan fingerprint density at radius 3 is 3.28 bits per heavy atom. The Bertz CT molecular complexity index is 430. The first-order chi connectivity index (χ1) is 8.72. The largest absolute Gasteiger partial charge is 0.372 e. The Morgan fingerprint density at radius 2 is 2.61 bits per heavy atom. The van der Waals surface area contributed by atoms with E-state index in [0.717, 1.165) is 23.5 Å². The second-order valence-corrected chi connectivity index (χ2v) is 5.24. The van der Waals surface area contributed by atoms with Crippen molar-refractivity contribution >= 4 is 17.2 Å². The molecule has 4 nitrogen and oxygen atoms in total. The molecule has 0 saturated carbocycles. The Labute approximate surface area is 111 Å². The molecule has 0 spiro atoms. The molecule has 0 unspecified atom stereocenters. The van der Waals surface area contributed by atoms with Gasteiger partial charge in [-0.25, -0.2) is 4.98 Å². The number of hydrogen-bond acceptors (Lipinski definition) is 4. The second kappa shape index (κ2) is 6.11. The van der Waals surface area contributed by atoms with Crippen molar-refractivity contribution in [2.45, 2.75) is 38.3 Å². The van der Waals surface area contributed by atoms with Gasteiger partial charge in [-0.3, -0.25) is 4.79 Å². The summed E-state index contributed by atoms with van der Waals surface area (Å²) in [5, 5.41) is 6.01. The highest BCUT2D eigenvalue weighted by Crippen LogP contribution is 2.15. The molecule has 1 aromatic rings. The van der Waals surface area contributed by atoms with Crippen LogP contribution in [0.2, 0.25) is 0 Å². The van der Waals surface area contributed by atoms with Gasteiger partial charge in [0.05, 0.1) is 29.3 Å². The molecule has 1 aliphatic heterocycles. The van der Waals surface area contributed by atoms with Crippen LogP contribution < -0.4 is 5.32 Å². The van der Waals surface area contributed by atoms with Gasteiger partial charge in [0.15, 0.2) is 0 Å². The smallest absolute Gasteiger partial charge is 0.226 e. The lowest BCUT2D eigenvalue weighted by molar-refractivity contribution is -0.121. The Balaban J connectivity index is 1.86. The van der Waals surface area contributed by atoms with E-state index in [1.807, 2.05) is 5.38 Å². The molecule has 1 saturated heterocycles. The van der Waals surface area contributed by atoms with Crippen molar-refractivity contribution in [3.05, 3.63) is 28.7 Å². The summed E-state index contributed by atoms with van der Waals surface area (Å²) >= 11 is 1.61. The highest BCUT2D eigenvalue weighted by atomic mass is 32.1. The molecular weight excluding hydrogens is 248 g/mol. The first-order valence-electron chi connectivity index (χ1n) is 6.19. The van der Waals surface area contributed by atoms with Crippen molar-refractivity contribution in [1.82, 2.24) is 10.3 Å². The number of aryl methyl sites for hydroxylation is 1. The number of nitrogens with zero attached hydrogens (tertiary/aromatic N) is 1. The molecule has 98 valence electrons. The van der Waals surface area contributed by atoms with Crippen LogP contribution in [0.25, 0.3) is 0 Å². The maximum Gasteiger partial charge on any atom is 0.226 e. The summed E-state index contributed by atoms with van der Waals surface area (Å²) in [4.78, 5) is 16.3. The fraction of sp³-hybridized carbons (Fsp3) is 0.538. The summed E-state index contributed by atoms with van der Waals surface area (Å²) in [6.07, 6.45) is 3.80. The first-order valence-corrected chi connectivity index (χ1v) is 7.07. The van der Waals surface area contributed by atoms with E-state index in [2.05, 4.69) is 23.8 Å². The van der Waals surface area contributed by atoms with Crippen LogP contribution in [0.1, 0.15) is 24.0 Å². The minimum absolute atomic E-state index is 0.00491. The standard InChI is InChI=1S/C13H18N2O2S/c1-3-11-10(5-6-17-11)15-12(16)7-9-8-18-13(4-2)14-9/h3,8,10-11H,1,4-7H2,2H3,(H,15,16)/t10-,11+/m1/s1. The molecule has 0 aliphatic carbocycles. The fourth-order valence-electron chi connectivity index (χ4n) is 2.01. The highest BCUT2D eigenvalue weighted by Gasteiger charge is 2.27. The normalized spacial score (nSPS) is 22.9. The monoisotopic (exact) mass is 266 g/mol. The molecule has 18 heavy (non-hydrogen) atoms. The number of carbonyl (C=O) groups excluding carboxylic acids is 1. The summed E-state index contributed by atoms with van der Waals surface area (Å²) in [6.45, 7) is 6.45. The number of carbonyl (C=O) groups is 1. The van der Waals surface area contributed by atoms with Crippen molar-refractivity contribution in [2.24, 2.45) is 0 Å². The van der Waals surface area contributed by atoms with Crippen LogP contribution >= 0.6 is 11.3 Å². The van der Waals surface area contributed by atoms with Crippen molar-refractivity contribution in [3.63, 3.8) is 0 Å². The lowest BCUT2D eigenvalue weighted by Gasteiger charge is -2.16. The SMILES string of the molecule is C=C[C@@H]1OCC[C@H]1NC(=O)Cc1csc(CC)n1. The maximum absolute atomic E-state index is 11.9. The fourth-order valence-corrected chi connectivity index (χ4v) is 2.76. The summed E-state index contributed by atoms with van der Waals surface area (Å²) < 4.78 is 5.44. The Kier molecular flexibility index (Phi) is 4.49. The van der Waals surface area contributed by atoms with E-state index in [1.165, 1.54) is 0 Å². The zero-order valence-electron chi connectivity index (χ0n) is 10.5. The summed E-state index contributed by atoms with van der Waals surface area (Å²) in [7, 11) is 0. The minimum Gasteiger partial charge on any atom is -0.372 e. The molecule has 0 radical (unpaired) electrons. The van der Waals surface area contributed by atoms with Crippen molar-refractivity contribution < 1.29 is 9.53 Å². The van der Waals surface area contributed by atoms with E-state index in [0.29, 0.717) is 13.0 Å². The topological polar surface area (TPSA) is 51.2 Å². The third-order valence-electron chi connectivity index (χ3n) is 2.96. The average Bonchev–Trinajstić information content (AvgIpc) is 2.97. The van der Waals surface area contributed by atoms with E-state index in [9.17, 15) is 4.79 Å². The van der Waals surface area contributed by atoms with E-state index < -0.39 is 0 Å². The van der Waals surface area contributed by atoms with E-state index >= 15 is 0 Å². The van der Waals surface area contributed by atoms with Gasteiger partial charge in [0.1, 0.15) is 0 Å². The van der Waals surface area contributed by atoms with Gasteiger partial charge in [0.25, 0.3) is 0 Å². The van der Waals surface area contributed by atoms with E-state index in [-0.39, 0.29) is 18.1 Å². The number of hydrogen-bond donors (Lipinski definition) is 1. The number of aromatic nitrogens is 1. The molecular formula is C13H18N2O2S. The van der Waals surface area contributed by atoms with E-state index in [4.69, 9.17) is 4.74 Å². The predicted molar refractivity (Wildman–Crippen MR) is 71.7 cm³/mol. The molecule has 1 aromatic heterocycles. The maximum atomic E-state index is 11.9. The van der Waals surface area contributed by atoms with Crippen LogP contribution in [0.3, 0.4) is 0 Å². The lowest BCUT2D eigenvalue weighted by Crippen LogP contribution is -2.40. The first kappa shape index (κ1) is 13.2. The van der Waals surface area contributed by atoms with Gasteiger partial charge >= 0.3 is 0 Å². The molecule has 2 rings (SSSR count). The number of thiazole rings is 1. The number of ether oxygens (including phenoxy) is 1. The van der Waals surface area contributed by atoms with Crippen LogP contribution in [-0.4, -0.2) is 29.6 Å². The van der Waals surface area contributed by atoms with Gasteiger partial charge in [-0.2, -0.15) is 0 Å². The van der Waals surface area contributed by atoms with Gasteiger partial charge in [-0.05, 0) is 12.8 Å². The van der Waals surface area contributed by atoms with Crippen LogP contribution in [0.5, 0.6) is 0 Å². The zero-order chi connectivity index (χ0) is 13.0. The Morgan fingerprint density at radius 1 is 1.78 bits per heavy atom. The molecule has 1 amide bonds. The second-order valence-electron chi connectivity index (χ2n) is 4.30. The highest BCUT2D eigenvalue weighted by molar-refractivity contribution is 7.09. The molecule has 1 aliphatic rings. The third-order valence-corrected chi connectivity index (χ3v) is 4.00. The van der Waals surface area contributed by atoms with Gasteiger partial charge < -0.3 is 10.1 Å². The van der Waals surface area contributed by atoms with Gasteiger partial charge in [0, 0.05) is 12.0 Å². The van der Waals surface area contributed by atoms with Crippen molar-refractivity contribution in [2.75, 3.05) is 6.61 Å². The zero-order valence-corrected chi connectivity index (χ0v) is 11.3. The van der Waals surface area contributed by atoms with Crippen LogP contribution in [-0.2, 0) is 22.4 Å². The summed E-state index contributed by atoms with van der Waals surface area (Å²) in [5.74, 6) is 0.00491. The molecule has 0 aromatic carbocycles. The van der Waals surface area contributed by atoms with Crippen molar-refractivity contribution in [3.8, 4) is 0 Å².